The fraction of sp³-hybridized carbons (Fsp3) is 0.0909. The molecule has 0 spiro atoms. The van der Waals surface area contributed by atoms with E-state index in [-0.39, 0.29) is 17.3 Å². The van der Waals surface area contributed by atoms with Crippen molar-refractivity contribution in [1.82, 2.24) is 24.6 Å². The summed E-state index contributed by atoms with van der Waals surface area (Å²) in [5, 5.41) is 7.70. The molecule has 2 aromatic carbocycles. The van der Waals surface area contributed by atoms with E-state index in [2.05, 4.69) is 27.3 Å². The smallest absolute Gasteiger partial charge is 0.272 e. The van der Waals surface area contributed by atoms with E-state index in [0.717, 1.165) is 40.8 Å². The van der Waals surface area contributed by atoms with Crippen LogP contribution < -0.4 is 11.3 Å². The molecule has 30 heavy (non-hydrogen) atoms. The van der Waals surface area contributed by atoms with Gasteiger partial charge in [-0.3, -0.25) is 4.79 Å². The van der Waals surface area contributed by atoms with Crippen molar-refractivity contribution in [3.8, 4) is 22.4 Å². The molecule has 0 amide bonds. The van der Waals surface area contributed by atoms with Crippen LogP contribution in [0.4, 0.5) is 5.95 Å². The normalized spacial score (nSPS) is 12.8. The number of nitrogens with one attached hydrogen (secondary N) is 1. The topological polar surface area (TPSA) is 102 Å². The van der Waals surface area contributed by atoms with Gasteiger partial charge in [0.15, 0.2) is 5.65 Å². The first kappa shape index (κ1) is 17.2. The van der Waals surface area contributed by atoms with E-state index in [4.69, 9.17) is 22.3 Å². The number of fused-ring (bicyclic) bond motifs is 5. The Morgan fingerprint density at radius 1 is 1.03 bits per heavy atom. The van der Waals surface area contributed by atoms with Gasteiger partial charge < -0.3 is 5.73 Å². The SMILES string of the molecule is Nc1n[nH]c2nc3nc4c(c(-c5ccc(Cl)cc5)c3c(=O)n12)CCc1ccccc1-4. The number of hydrogen-bond donors (Lipinski definition) is 2. The van der Waals surface area contributed by atoms with E-state index in [1.54, 1.807) is 0 Å². The molecule has 3 aromatic heterocycles. The van der Waals surface area contributed by atoms with Crippen molar-refractivity contribution in [2.75, 3.05) is 5.73 Å². The number of aryl methyl sites for hydroxylation is 1. The maximum atomic E-state index is 13.5. The molecule has 0 unspecified atom stereocenters. The van der Waals surface area contributed by atoms with Gasteiger partial charge in [-0.2, -0.15) is 4.98 Å². The molecule has 8 heteroatoms. The van der Waals surface area contributed by atoms with E-state index in [0.29, 0.717) is 16.1 Å². The summed E-state index contributed by atoms with van der Waals surface area (Å²) in [7, 11) is 0. The van der Waals surface area contributed by atoms with Gasteiger partial charge in [0.25, 0.3) is 5.56 Å². The Morgan fingerprint density at radius 3 is 2.67 bits per heavy atom. The fourth-order valence-electron chi connectivity index (χ4n) is 4.33. The van der Waals surface area contributed by atoms with Crippen molar-refractivity contribution in [2.24, 2.45) is 0 Å². The number of nitrogens with two attached hydrogens (primary N) is 1. The molecule has 6 rings (SSSR count). The molecule has 7 nitrogen and oxygen atoms in total. The average molecular weight is 415 g/mol. The lowest BCUT2D eigenvalue weighted by molar-refractivity contribution is 0.931. The quantitative estimate of drug-likeness (QED) is 0.436. The highest BCUT2D eigenvalue weighted by molar-refractivity contribution is 6.30. The second-order valence-electron chi connectivity index (χ2n) is 7.33. The van der Waals surface area contributed by atoms with Crippen molar-refractivity contribution < 1.29 is 0 Å². The van der Waals surface area contributed by atoms with E-state index in [9.17, 15) is 4.79 Å². The van der Waals surface area contributed by atoms with Crippen LogP contribution in [0.25, 0.3) is 39.2 Å². The number of rotatable bonds is 1. The molecule has 0 aliphatic heterocycles. The van der Waals surface area contributed by atoms with E-state index in [1.165, 1.54) is 9.96 Å². The fourth-order valence-corrected chi connectivity index (χ4v) is 4.45. The predicted molar refractivity (Wildman–Crippen MR) is 117 cm³/mol. The summed E-state index contributed by atoms with van der Waals surface area (Å²) < 4.78 is 1.28. The monoisotopic (exact) mass is 414 g/mol. The first-order valence-electron chi connectivity index (χ1n) is 9.55. The Balaban J connectivity index is 1.83. The third kappa shape index (κ3) is 2.32. The standard InChI is InChI=1S/C22H15ClN6O/c23-13-8-5-12(6-9-13)16-15-10-7-11-3-1-2-4-14(11)18(15)25-19-17(16)20(30)29-21(24)27-28-22(29)26-19/h1-6,8-9H,7,10H2,(H2,24,27)(H,25,26,28). The van der Waals surface area contributed by atoms with Crippen LogP contribution in [-0.2, 0) is 12.8 Å². The maximum absolute atomic E-state index is 13.5. The second-order valence-corrected chi connectivity index (χ2v) is 7.77. The number of H-pyrrole nitrogens is 1. The van der Waals surface area contributed by atoms with Crippen molar-refractivity contribution in [1.29, 1.82) is 0 Å². The summed E-state index contributed by atoms with van der Waals surface area (Å²) in [6, 6.07) is 15.7. The predicted octanol–water partition coefficient (Wildman–Crippen LogP) is 3.63. The van der Waals surface area contributed by atoms with Gasteiger partial charge in [0.2, 0.25) is 11.7 Å². The number of anilines is 1. The van der Waals surface area contributed by atoms with Crippen LogP contribution in [0.5, 0.6) is 0 Å². The summed E-state index contributed by atoms with van der Waals surface area (Å²) >= 11 is 6.12. The van der Waals surface area contributed by atoms with Crippen LogP contribution in [0.2, 0.25) is 5.02 Å². The van der Waals surface area contributed by atoms with Crippen molar-refractivity contribution in [2.45, 2.75) is 12.8 Å². The number of hydrogen-bond acceptors (Lipinski definition) is 5. The van der Waals surface area contributed by atoms with Crippen LogP contribution in [0.1, 0.15) is 11.1 Å². The zero-order valence-electron chi connectivity index (χ0n) is 15.7. The third-order valence-electron chi connectivity index (χ3n) is 5.67. The number of pyridine rings is 1. The molecule has 146 valence electrons. The summed E-state index contributed by atoms with van der Waals surface area (Å²) in [5.74, 6) is 0.332. The second kappa shape index (κ2) is 6.14. The van der Waals surface area contributed by atoms with Gasteiger partial charge in [0, 0.05) is 16.1 Å². The first-order chi connectivity index (χ1) is 14.6. The lowest BCUT2D eigenvalue weighted by atomic mass is 9.84. The molecule has 1 aliphatic rings. The van der Waals surface area contributed by atoms with Gasteiger partial charge in [0.05, 0.1) is 11.1 Å². The summed E-state index contributed by atoms with van der Waals surface area (Å²) in [4.78, 5) is 22.9. The number of nitrogens with zero attached hydrogens (tertiary/aromatic N) is 4. The first-order valence-corrected chi connectivity index (χ1v) is 9.93. The molecule has 0 fully saturated rings. The molecule has 0 saturated carbocycles. The minimum Gasteiger partial charge on any atom is -0.368 e. The minimum absolute atomic E-state index is 0.0644. The zero-order valence-corrected chi connectivity index (χ0v) is 16.4. The molecular formula is C22H15ClN6O. The van der Waals surface area contributed by atoms with Crippen molar-refractivity contribution in [3.05, 3.63) is 75.0 Å². The average Bonchev–Trinajstić information content (AvgIpc) is 3.14. The maximum Gasteiger partial charge on any atom is 0.272 e. The van der Waals surface area contributed by atoms with Crippen LogP contribution in [-0.4, -0.2) is 24.6 Å². The van der Waals surface area contributed by atoms with Crippen molar-refractivity contribution >= 4 is 34.4 Å². The van der Waals surface area contributed by atoms with Crippen LogP contribution in [0, 0.1) is 0 Å². The number of halogens is 1. The molecule has 0 atom stereocenters. The Kier molecular flexibility index (Phi) is 3.52. The highest BCUT2D eigenvalue weighted by Crippen LogP contribution is 2.40. The van der Waals surface area contributed by atoms with Crippen LogP contribution >= 0.6 is 11.6 Å². The van der Waals surface area contributed by atoms with Gasteiger partial charge in [-0.15, -0.1) is 5.10 Å². The zero-order chi connectivity index (χ0) is 20.4. The highest BCUT2D eigenvalue weighted by atomic mass is 35.5. The van der Waals surface area contributed by atoms with E-state index >= 15 is 0 Å². The van der Waals surface area contributed by atoms with Gasteiger partial charge in [0.1, 0.15) is 0 Å². The van der Waals surface area contributed by atoms with Crippen molar-refractivity contribution in [3.63, 3.8) is 0 Å². The number of nitrogen functional groups attached to an aromatic ring is 1. The summed E-state index contributed by atoms with van der Waals surface area (Å²) in [5.41, 5.74) is 11.9. The molecule has 3 N–H and O–H groups in total. The molecule has 0 saturated heterocycles. The summed E-state index contributed by atoms with van der Waals surface area (Å²) in [6.45, 7) is 0. The number of aromatic amines is 1. The Morgan fingerprint density at radius 2 is 1.83 bits per heavy atom. The third-order valence-corrected chi connectivity index (χ3v) is 5.92. The summed E-state index contributed by atoms with van der Waals surface area (Å²) in [6.07, 6.45) is 1.65. The van der Waals surface area contributed by atoms with E-state index in [1.807, 2.05) is 36.4 Å². The molecule has 3 heterocycles. The molecule has 1 aliphatic carbocycles. The number of aromatic nitrogens is 5. The molecule has 5 aromatic rings. The van der Waals surface area contributed by atoms with Crippen LogP contribution in [0.15, 0.2) is 53.3 Å². The Labute approximate surface area is 175 Å². The van der Waals surface area contributed by atoms with Gasteiger partial charge >= 0.3 is 0 Å². The van der Waals surface area contributed by atoms with Gasteiger partial charge in [-0.05, 0) is 41.7 Å². The van der Waals surface area contributed by atoms with Gasteiger partial charge in [-0.25, -0.2) is 14.5 Å². The van der Waals surface area contributed by atoms with Gasteiger partial charge in [-0.1, -0.05) is 48.0 Å². The largest absolute Gasteiger partial charge is 0.368 e. The lowest BCUT2D eigenvalue weighted by Gasteiger charge is -2.23. The van der Waals surface area contributed by atoms with E-state index < -0.39 is 0 Å². The lowest BCUT2D eigenvalue weighted by Crippen LogP contribution is -2.19. The highest BCUT2D eigenvalue weighted by Gasteiger charge is 2.26. The van der Waals surface area contributed by atoms with Crippen LogP contribution in [0.3, 0.4) is 0 Å². The molecular weight excluding hydrogens is 400 g/mol. The molecule has 0 radical (unpaired) electrons. The Bertz CT molecular complexity index is 1530. The Hall–Kier alpha value is -3.71. The number of benzene rings is 2. The minimum atomic E-state index is -0.291. The molecule has 0 bridgehead atoms.